The molecule has 168 valence electrons. The van der Waals surface area contributed by atoms with Crippen LogP contribution in [0.2, 0.25) is 0 Å². The van der Waals surface area contributed by atoms with E-state index >= 15 is 0 Å². The molecule has 0 bridgehead atoms. The monoisotopic (exact) mass is 443 g/mol. The lowest BCUT2D eigenvalue weighted by molar-refractivity contribution is 0.628. The van der Waals surface area contributed by atoms with Crippen molar-refractivity contribution in [2.24, 2.45) is 0 Å². The number of halogens is 1. The number of hydrogen-bond donors (Lipinski definition) is 1. The zero-order chi connectivity index (χ0) is 22.4. The molecule has 1 aromatic carbocycles. The summed E-state index contributed by atoms with van der Waals surface area (Å²) in [5, 5.41) is 5.02. The molecule has 1 aliphatic heterocycles. The van der Waals surface area contributed by atoms with Gasteiger partial charge >= 0.3 is 0 Å². The molecular formula is C25H26FN7. The number of fused-ring (bicyclic) bond motifs is 1. The van der Waals surface area contributed by atoms with Crippen molar-refractivity contribution < 1.29 is 4.39 Å². The van der Waals surface area contributed by atoms with Gasteiger partial charge in [-0.25, -0.2) is 19.3 Å². The number of nitrogen functional groups attached to an aromatic ring is 1. The molecule has 4 heterocycles. The molecule has 33 heavy (non-hydrogen) atoms. The van der Waals surface area contributed by atoms with Crippen LogP contribution in [0.15, 0.2) is 42.7 Å². The zero-order valence-corrected chi connectivity index (χ0v) is 18.4. The third-order valence-electron chi connectivity index (χ3n) is 6.91. The van der Waals surface area contributed by atoms with Gasteiger partial charge in [-0.2, -0.15) is 9.61 Å². The van der Waals surface area contributed by atoms with Gasteiger partial charge in [0.25, 0.3) is 0 Å². The topological polar surface area (TPSA) is 85.2 Å². The SMILES string of the molecule is Nc1ncc(C2CCCC2)c(-c2c(-c3ccc(F)cc3)nn3c(N4CCCC4)nccc23)n1. The van der Waals surface area contributed by atoms with E-state index in [1.54, 1.807) is 12.1 Å². The molecule has 1 saturated carbocycles. The average molecular weight is 444 g/mol. The highest BCUT2D eigenvalue weighted by molar-refractivity contribution is 5.92. The number of anilines is 2. The highest BCUT2D eigenvalue weighted by Gasteiger charge is 2.28. The highest BCUT2D eigenvalue weighted by atomic mass is 19.1. The van der Waals surface area contributed by atoms with Crippen molar-refractivity contribution in [1.82, 2.24) is 24.6 Å². The Morgan fingerprint density at radius 1 is 0.909 bits per heavy atom. The van der Waals surface area contributed by atoms with Crippen molar-refractivity contribution in [2.45, 2.75) is 44.4 Å². The van der Waals surface area contributed by atoms with Gasteiger partial charge < -0.3 is 10.6 Å². The van der Waals surface area contributed by atoms with Gasteiger partial charge in [0.05, 0.1) is 16.8 Å². The summed E-state index contributed by atoms with van der Waals surface area (Å²) in [4.78, 5) is 16.0. The van der Waals surface area contributed by atoms with Crippen molar-refractivity contribution in [3.05, 3.63) is 54.1 Å². The molecule has 4 aromatic rings. The molecule has 0 unspecified atom stereocenters. The van der Waals surface area contributed by atoms with E-state index in [9.17, 15) is 4.39 Å². The lowest BCUT2D eigenvalue weighted by Crippen LogP contribution is -2.22. The molecule has 7 nitrogen and oxygen atoms in total. The molecule has 2 fully saturated rings. The molecule has 6 rings (SSSR count). The van der Waals surface area contributed by atoms with E-state index in [-0.39, 0.29) is 11.8 Å². The number of nitrogens with zero attached hydrogens (tertiary/aromatic N) is 6. The summed E-state index contributed by atoms with van der Waals surface area (Å²) in [6, 6.07) is 8.45. The fourth-order valence-corrected chi connectivity index (χ4v) is 5.28. The summed E-state index contributed by atoms with van der Waals surface area (Å²) in [5.41, 5.74) is 11.4. The van der Waals surface area contributed by atoms with E-state index in [2.05, 4.69) is 14.9 Å². The molecule has 3 aromatic heterocycles. The summed E-state index contributed by atoms with van der Waals surface area (Å²) in [6.07, 6.45) is 10.7. The molecule has 2 N–H and O–H groups in total. The molecule has 0 atom stereocenters. The smallest absolute Gasteiger partial charge is 0.227 e. The molecule has 8 heteroatoms. The maximum atomic E-state index is 13.7. The van der Waals surface area contributed by atoms with Crippen LogP contribution in [0.3, 0.4) is 0 Å². The van der Waals surface area contributed by atoms with Crippen LogP contribution in [-0.4, -0.2) is 37.7 Å². The van der Waals surface area contributed by atoms with Crippen LogP contribution in [0.5, 0.6) is 0 Å². The standard InChI is InChI=1S/C25H26FN7/c26-18-9-7-17(8-10-18)22-21(23-19(15-29-24(27)30-23)16-5-1-2-6-16)20-11-12-28-25(33(20)31-22)32-13-3-4-14-32/h7-12,15-16H,1-6,13-14H2,(H2,27,29,30). The predicted octanol–water partition coefficient (Wildman–Crippen LogP) is 4.83. The zero-order valence-electron chi connectivity index (χ0n) is 18.4. The van der Waals surface area contributed by atoms with Crippen LogP contribution < -0.4 is 10.6 Å². The fraction of sp³-hybridized carbons (Fsp3) is 0.360. The predicted molar refractivity (Wildman–Crippen MR) is 126 cm³/mol. The Morgan fingerprint density at radius 3 is 2.42 bits per heavy atom. The normalized spacial score (nSPS) is 16.8. The van der Waals surface area contributed by atoms with Crippen LogP contribution in [0.4, 0.5) is 16.3 Å². The van der Waals surface area contributed by atoms with Gasteiger partial charge in [-0.15, -0.1) is 0 Å². The molecule has 0 spiro atoms. The highest BCUT2D eigenvalue weighted by Crippen LogP contribution is 2.43. The minimum atomic E-state index is -0.276. The van der Waals surface area contributed by atoms with Gasteiger partial charge in [0.1, 0.15) is 11.5 Å². The summed E-state index contributed by atoms with van der Waals surface area (Å²) in [7, 11) is 0. The van der Waals surface area contributed by atoms with Crippen molar-refractivity contribution in [3.8, 4) is 22.5 Å². The Bertz CT molecular complexity index is 1300. The number of nitrogens with two attached hydrogens (primary N) is 1. The second kappa shape index (κ2) is 8.10. The Hall–Kier alpha value is -3.55. The van der Waals surface area contributed by atoms with E-state index in [4.69, 9.17) is 15.8 Å². The Morgan fingerprint density at radius 2 is 1.67 bits per heavy atom. The van der Waals surface area contributed by atoms with E-state index in [0.29, 0.717) is 5.92 Å². The molecular weight excluding hydrogens is 417 g/mol. The summed E-state index contributed by atoms with van der Waals surface area (Å²) < 4.78 is 15.7. The number of benzene rings is 1. The van der Waals surface area contributed by atoms with Gasteiger partial charge in [-0.1, -0.05) is 12.8 Å². The fourth-order valence-electron chi connectivity index (χ4n) is 5.28. The van der Waals surface area contributed by atoms with E-state index in [1.807, 2.05) is 23.0 Å². The van der Waals surface area contributed by atoms with Crippen LogP contribution in [0, 0.1) is 5.82 Å². The van der Waals surface area contributed by atoms with Crippen LogP contribution in [0.25, 0.3) is 28.0 Å². The minimum absolute atomic E-state index is 0.241. The van der Waals surface area contributed by atoms with Gasteiger partial charge in [-0.05, 0) is 61.9 Å². The largest absolute Gasteiger partial charge is 0.368 e. The molecule has 2 aliphatic rings. The van der Waals surface area contributed by atoms with Crippen molar-refractivity contribution in [2.75, 3.05) is 23.7 Å². The van der Waals surface area contributed by atoms with Crippen LogP contribution in [-0.2, 0) is 0 Å². The van der Waals surface area contributed by atoms with E-state index in [1.165, 1.54) is 25.0 Å². The summed E-state index contributed by atoms with van der Waals surface area (Å²) in [5.74, 6) is 1.19. The van der Waals surface area contributed by atoms with Crippen molar-refractivity contribution in [3.63, 3.8) is 0 Å². The maximum absolute atomic E-state index is 13.7. The Kier molecular flexibility index (Phi) is 4.93. The third-order valence-corrected chi connectivity index (χ3v) is 6.91. The lowest BCUT2D eigenvalue weighted by Gasteiger charge is -2.17. The molecule has 1 aliphatic carbocycles. The second-order valence-electron chi connectivity index (χ2n) is 8.98. The average Bonchev–Trinajstić information content (AvgIpc) is 3.60. The van der Waals surface area contributed by atoms with Gasteiger partial charge in [-0.3, -0.25) is 0 Å². The summed E-state index contributed by atoms with van der Waals surface area (Å²) in [6.45, 7) is 1.92. The van der Waals surface area contributed by atoms with Gasteiger partial charge in [0.2, 0.25) is 11.9 Å². The quantitative estimate of drug-likeness (QED) is 0.486. The van der Waals surface area contributed by atoms with Crippen LogP contribution in [0.1, 0.15) is 50.0 Å². The summed E-state index contributed by atoms with van der Waals surface area (Å²) >= 11 is 0. The van der Waals surface area contributed by atoms with E-state index in [0.717, 1.165) is 78.3 Å². The third kappa shape index (κ3) is 3.50. The second-order valence-corrected chi connectivity index (χ2v) is 8.98. The number of aromatic nitrogens is 5. The first-order valence-electron chi connectivity index (χ1n) is 11.7. The minimum Gasteiger partial charge on any atom is -0.368 e. The lowest BCUT2D eigenvalue weighted by atomic mass is 9.92. The van der Waals surface area contributed by atoms with Gasteiger partial charge in [0, 0.05) is 36.6 Å². The van der Waals surface area contributed by atoms with Crippen molar-refractivity contribution in [1.29, 1.82) is 0 Å². The van der Waals surface area contributed by atoms with Gasteiger partial charge in [0.15, 0.2) is 0 Å². The number of rotatable bonds is 4. The number of hydrogen-bond acceptors (Lipinski definition) is 6. The first-order valence-corrected chi connectivity index (χ1v) is 11.7. The molecule has 0 radical (unpaired) electrons. The first-order chi connectivity index (χ1) is 16.2. The van der Waals surface area contributed by atoms with E-state index < -0.39 is 0 Å². The molecule has 1 saturated heterocycles. The van der Waals surface area contributed by atoms with Crippen LogP contribution >= 0.6 is 0 Å². The Balaban J connectivity index is 1.64. The maximum Gasteiger partial charge on any atom is 0.227 e. The Labute approximate surface area is 191 Å². The first kappa shape index (κ1) is 20.1. The van der Waals surface area contributed by atoms with Crippen molar-refractivity contribution >= 4 is 17.4 Å². The molecule has 0 amide bonds.